The van der Waals surface area contributed by atoms with Crippen molar-refractivity contribution in [1.29, 1.82) is 0 Å². The smallest absolute Gasteiger partial charge is 0.341 e. The Morgan fingerprint density at radius 3 is 2.78 bits per heavy atom. The van der Waals surface area contributed by atoms with Crippen LogP contribution in [0, 0.1) is 0 Å². The van der Waals surface area contributed by atoms with Crippen LogP contribution in [0.2, 0.25) is 5.02 Å². The topological polar surface area (TPSA) is 66.8 Å². The molecule has 0 aromatic heterocycles. The van der Waals surface area contributed by atoms with Crippen molar-refractivity contribution >= 4 is 29.2 Å². The first-order chi connectivity index (χ1) is 11.1. The Balaban J connectivity index is 1.84. The fourth-order valence-electron chi connectivity index (χ4n) is 2.62. The zero-order chi connectivity index (χ0) is 16.4. The van der Waals surface area contributed by atoms with E-state index in [1.165, 1.54) is 0 Å². The molecule has 3 rings (SSSR count). The Bertz CT molecular complexity index is 775. The fourth-order valence-corrected chi connectivity index (χ4v) is 2.89. The minimum atomic E-state index is -1.06. The quantitative estimate of drug-likeness (QED) is 0.935. The molecule has 23 heavy (non-hydrogen) atoms. The summed E-state index contributed by atoms with van der Waals surface area (Å²) in [6.07, 6.45) is 0.718. The summed E-state index contributed by atoms with van der Waals surface area (Å²) in [7, 11) is 0. The van der Waals surface area contributed by atoms with Gasteiger partial charge >= 0.3 is 5.97 Å². The third-order valence-electron chi connectivity index (χ3n) is 3.66. The van der Waals surface area contributed by atoms with E-state index in [4.69, 9.17) is 21.4 Å². The number of rotatable bonds is 4. The molecule has 1 amide bonds. The van der Waals surface area contributed by atoms with Crippen molar-refractivity contribution in [2.75, 3.05) is 18.1 Å². The first-order valence-corrected chi connectivity index (χ1v) is 7.48. The maximum Gasteiger partial charge on any atom is 0.341 e. The van der Waals surface area contributed by atoms with Gasteiger partial charge in [0.05, 0.1) is 0 Å². The van der Waals surface area contributed by atoms with Crippen LogP contribution < -0.4 is 9.64 Å². The number of hydrogen-bond donors (Lipinski definition) is 1. The van der Waals surface area contributed by atoms with E-state index in [9.17, 15) is 9.59 Å². The molecular formula is C17H14ClNO4. The van der Waals surface area contributed by atoms with Crippen LogP contribution in [0.5, 0.6) is 5.75 Å². The normalized spacial score (nSPS) is 12.8. The summed E-state index contributed by atoms with van der Waals surface area (Å²) in [5, 5.41) is 9.31. The highest BCUT2D eigenvalue weighted by Gasteiger charge is 2.27. The molecule has 0 saturated heterocycles. The Morgan fingerprint density at radius 1 is 1.22 bits per heavy atom. The fraction of sp³-hybridized carbons (Fsp3) is 0.176. The third kappa shape index (κ3) is 3.14. The number of ether oxygens (including phenoxy) is 1. The van der Waals surface area contributed by atoms with E-state index in [0.29, 0.717) is 22.9 Å². The van der Waals surface area contributed by atoms with Crippen molar-refractivity contribution in [3.63, 3.8) is 0 Å². The lowest BCUT2D eigenvalue weighted by Gasteiger charge is -2.18. The second-order valence-electron chi connectivity index (χ2n) is 5.15. The number of anilines is 1. The number of hydrogen-bond acceptors (Lipinski definition) is 3. The summed E-state index contributed by atoms with van der Waals surface area (Å²) in [4.78, 5) is 25.0. The predicted octanol–water partition coefficient (Wildman–Crippen LogP) is 3.01. The van der Waals surface area contributed by atoms with Crippen molar-refractivity contribution in [3.8, 4) is 5.75 Å². The molecule has 0 unspecified atom stereocenters. The largest absolute Gasteiger partial charge is 0.482 e. The molecule has 0 radical (unpaired) electrons. The number of fused-ring (bicyclic) bond motifs is 1. The van der Waals surface area contributed by atoms with Gasteiger partial charge < -0.3 is 14.7 Å². The van der Waals surface area contributed by atoms with Gasteiger partial charge in [0.25, 0.3) is 5.91 Å². The molecule has 118 valence electrons. The molecule has 5 nitrogen and oxygen atoms in total. The summed E-state index contributed by atoms with van der Waals surface area (Å²) in [6.45, 7) is 0.123. The van der Waals surface area contributed by atoms with Crippen LogP contribution in [-0.4, -0.2) is 30.1 Å². The maximum absolute atomic E-state index is 12.7. The number of benzene rings is 2. The van der Waals surface area contributed by atoms with Crippen LogP contribution in [0.15, 0.2) is 42.5 Å². The van der Waals surface area contributed by atoms with E-state index in [0.717, 1.165) is 17.7 Å². The van der Waals surface area contributed by atoms with E-state index in [2.05, 4.69) is 0 Å². The lowest BCUT2D eigenvalue weighted by atomic mass is 10.1. The molecule has 0 saturated carbocycles. The second-order valence-corrected chi connectivity index (χ2v) is 5.56. The minimum Gasteiger partial charge on any atom is -0.482 e. The van der Waals surface area contributed by atoms with E-state index in [1.807, 2.05) is 18.2 Å². The van der Waals surface area contributed by atoms with Gasteiger partial charge in [-0.25, -0.2) is 4.79 Å². The Morgan fingerprint density at radius 2 is 2.00 bits per heavy atom. The monoisotopic (exact) mass is 331 g/mol. The molecule has 1 aliphatic rings. The molecule has 2 aromatic carbocycles. The average molecular weight is 332 g/mol. The summed E-state index contributed by atoms with van der Waals surface area (Å²) >= 11 is 6.17. The highest BCUT2D eigenvalue weighted by molar-refractivity contribution is 6.32. The van der Waals surface area contributed by atoms with Crippen LogP contribution in [0.1, 0.15) is 15.9 Å². The first-order valence-electron chi connectivity index (χ1n) is 7.10. The highest BCUT2D eigenvalue weighted by Crippen LogP contribution is 2.34. The zero-order valence-electron chi connectivity index (χ0n) is 12.2. The number of nitrogens with zero attached hydrogens (tertiary/aromatic N) is 1. The molecule has 0 atom stereocenters. The van der Waals surface area contributed by atoms with E-state index in [-0.39, 0.29) is 5.91 Å². The SMILES string of the molecule is O=C(O)COc1cccc(C(=O)N2CCc3c(Cl)cccc32)c1. The number of halogens is 1. The Labute approximate surface area is 138 Å². The molecule has 0 aliphatic carbocycles. The van der Waals surface area contributed by atoms with E-state index < -0.39 is 12.6 Å². The van der Waals surface area contributed by atoms with Crippen molar-refractivity contribution in [2.45, 2.75) is 6.42 Å². The molecule has 1 aliphatic heterocycles. The van der Waals surface area contributed by atoms with E-state index in [1.54, 1.807) is 29.2 Å². The molecule has 0 fully saturated rings. The molecular weight excluding hydrogens is 318 g/mol. The lowest BCUT2D eigenvalue weighted by Crippen LogP contribution is -2.28. The predicted molar refractivity (Wildman–Crippen MR) is 86.4 cm³/mol. The van der Waals surface area contributed by atoms with Gasteiger partial charge in [-0.1, -0.05) is 23.7 Å². The lowest BCUT2D eigenvalue weighted by molar-refractivity contribution is -0.139. The Kier molecular flexibility index (Phi) is 4.21. The van der Waals surface area contributed by atoms with Gasteiger partial charge in [-0.2, -0.15) is 0 Å². The average Bonchev–Trinajstić information content (AvgIpc) is 2.98. The van der Waals surface area contributed by atoms with Crippen LogP contribution >= 0.6 is 11.6 Å². The number of carboxylic acid groups (broad SMARTS) is 1. The molecule has 0 spiro atoms. The number of carbonyl (C=O) groups excluding carboxylic acids is 1. The van der Waals surface area contributed by atoms with Crippen LogP contribution in [0.3, 0.4) is 0 Å². The number of aliphatic carboxylic acids is 1. The minimum absolute atomic E-state index is 0.160. The number of carboxylic acids is 1. The van der Waals surface area contributed by atoms with Crippen molar-refractivity contribution in [2.24, 2.45) is 0 Å². The highest BCUT2D eigenvalue weighted by atomic mass is 35.5. The molecule has 0 bridgehead atoms. The van der Waals surface area contributed by atoms with Gasteiger partial charge in [0.2, 0.25) is 0 Å². The summed E-state index contributed by atoms with van der Waals surface area (Å²) in [6, 6.07) is 12.0. The summed E-state index contributed by atoms with van der Waals surface area (Å²) in [5.41, 5.74) is 2.24. The van der Waals surface area contributed by atoms with Crippen LogP contribution in [0.4, 0.5) is 5.69 Å². The standard InChI is InChI=1S/C17H14ClNO4/c18-14-5-2-6-15-13(14)7-8-19(15)17(22)11-3-1-4-12(9-11)23-10-16(20)21/h1-6,9H,7-8,10H2,(H,20,21). The van der Waals surface area contributed by atoms with Crippen molar-refractivity contribution in [3.05, 3.63) is 58.6 Å². The second kappa shape index (κ2) is 6.30. The van der Waals surface area contributed by atoms with Gasteiger partial charge in [0.1, 0.15) is 5.75 Å². The maximum atomic E-state index is 12.7. The van der Waals surface area contributed by atoms with E-state index >= 15 is 0 Å². The van der Waals surface area contributed by atoms with Gasteiger partial charge in [0, 0.05) is 22.8 Å². The summed E-state index contributed by atoms with van der Waals surface area (Å²) < 4.78 is 5.12. The number of carbonyl (C=O) groups is 2. The third-order valence-corrected chi connectivity index (χ3v) is 4.01. The van der Waals surface area contributed by atoms with Gasteiger partial charge in [-0.3, -0.25) is 4.79 Å². The van der Waals surface area contributed by atoms with Crippen LogP contribution in [-0.2, 0) is 11.2 Å². The van der Waals surface area contributed by atoms with Crippen molar-refractivity contribution in [1.82, 2.24) is 0 Å². The van der Waals surface area contributed by atoms with Crippen molar-refractivity contribution < 1.29 is 19.4 Å². The van der Waals surface area contributed by atoms with Crippen LogP contribution in [0.25, 0.3) is 0 Å². The van der Waals surface area contributed by atoms with Gasteiger partial charge in [-0.15, -0.1) is 0 Å². The van der Waals surface area contributed by atoms with Gasteiger partial charge in [-0.05, 0) is 42.3 Å². The first kappa shape index (κ1) is 15.4. The Hall–Kier alpha value is -2.53. The number of amides is 1. The molecule has 2 aromatic rings. The summed E-state index contributed by atoms with van der Waals surface area (Å²) in [5.74, 6) is -0.875. The zero-order valence-corrected chi connectivity index (χ0v) is 12.9. The molecule has 1 N–H and O–H groups in total. The van der Waals surface area contributed by atoms with Gasteiger partial charge in [0.15, 0.2) is 6.61 Å². The molecule has 1 heterocycles. The molecule has 6 heteroatoms.